The van der Waals surface area contributed by atoms with Crippen LogP contribution >= 0.6 is 11.3 Å². The van der Waals surface area contributed by atoms with E-state index in [9.17, 15) is 5.11 Å². The van der Waals surface area contributed by atoms with Crippen molar-refractivity contribution in [1.82, 2.24) is 5.32 Å². The third kappa shape index (κ3) is 3.78. The average Bonchev–Trinajstić information content (AvgIpc) is 3.10. The van der Waals surface area contributed by atoms with Gasteiger partial charge in [-0.25, -0.2) is 0 Å². The van der Waals surface area contributed by atoms with Crippen molar-refractivity contribution in [2.45, 2.75) is 19.5 Å². The quantitative estimate of drug-likeness (QED) is 0.665. The van der Waals surface area contributed by atoms with Gasteiger partial charge in [0.2, 0.25) is 0 Å². The third-order valence-electron chi connectivity index (χ3n) is 4.00. The first kappa shape index (κ1) is 16.6. The number of rotatable bonds is 6. The fraction of sp³-hybridized carbons (Fsp3) is 0.200. The first-order chi connectivity index (χ1) is 11.7. The van der Waals surface area contributed by atoms with Crippen molar-refractivity contribution >= 4 is 11.3 Å². The van der Waals surface area contributed by atoms with Gasteiger partial charge in [0.15, 0.2) is 0 Å². The van der Waals surface area contributed by atoms with Crippen molar-refractivity contribution in [2.75, 3.05) is 7.11 Å². The summed E-state index contributed by atoms with van der Waals surface area (Å²) in [4.78, 5) is 2.53. The van der Waals surface area contributed by atoms with E-state index in [0.717, 1.165) is 17.9 Å². The summed E-state index contributed by atoms with van der Waals surface area (Å²) in [6.45, 7) is 2.80. The predicted molar refractivity (Wildman–Crippen MR) is 99.7 cm³/mol. The summed E-state index contributed by atoms with van der Waals surface area (Å²) in [6.07, 6.45) is 0. The fourth-order valence-corrected chi connectivity index (χ4v) is 3.56. The molecule has 1 heterocycles. The van der Waals surface area contributed by atoms with E-state index < -0.39 is 0 Å². The van der Waals surface area contributed by atoms with E-state index in [4.69, 9.17) is 4.74 Å². The number of phenols is 1. The summed E-state index contributed by atoms with van der Waals surface area (Å²) in [5.74, 6) is 1.03. The summed E-state index contributed by atoms with van der Waals surface area (Å²) in [5.41, 5.74) is 2.08. The van der Waals surface area contributed by atoms with Gasteiger partial charge in [0.1, 0.15) is 11.5 Å². The van der Waals surface area contributed by atoms with Gasteiger partial charge in [0.05, 0.1) is 7.11 Å². The SMILES string of the molecule is COc1ccc(O)c([C@@H](C)NCc2ccc(-c3ccccc3)s2)c1. The van der Waals surface area contributed by atoms with Gasteiger partial charge in [-0.1, -0.05) is 30.3 Å². The topological polar surface area (TPSA) is 41.5 Å². The minimum atomic E-state index is 0.0300. The van der Waals surface area contributed by atoms with Crippen molar-refractivity contribution < 1.29 is 9.84 Å². The second-order valence-electron chi connectivity index (χ2n) is 5.66. The van der Waals surface area contributed by atoms with E-state index in [0.29, 0.717) is 0 Å². The van der Waals surface area contributed by atoms with Gasteiger partial charge in [-0.15, -0.1) is 11.3 Å². The van der Waals surface area contributed by atoms with Crippen LogP contribution in [-0.4, -0.2) is 12.2 Å². The van der Waals surface area contributed by atoms with Crippen molar-refractivity contribution in [3.05, 3.63) is 71.1 Å². The van der Waals surface area contributed by atoms with Gasteiger partial charge >= 0.3 is 0 Å². The molecule has 124 valence electrons. The van der Waals surface area contributed by atoms with Crippen LogP contribution in [0.15, 0.2) is 60.7 Å². The maximum atomic E-state index is 10.1. The second-order valence-corrected chi connectivity index (χ2v) is 6.83. The van der Waals surface area contributed by atoms with E-state index >= 15 is 0 Å². The largest absolute Gasteiger partial charge is 0.508 e. The molecule has 0 bridgehead atoms. The molecule has 0 aliphatic carbocycles. The molecule has 0 aliphatic rings. The van der Waals surface area contributed by atoms with Gasteiger partial charge in [-0.2, -0.15) is 0 Å². The molecule has 2 N–H and O–H groups in total. The van der Waals surface area contributed by atoms with Crippen LogP contribution in [0.5, 0.6) is 11.5 Å². The van der Waals surface area contributed by atoms with E-state index in [2.05, 4.69) is 41.7 Å². The molecule has 1 aromatic heterocycles. The van der Waals surface area contributed by atoms with E-state index in [-0.39, 0.29) is 11.8 Å². The number of hydrogen-bond donors (Lipinski definition) is 2. The van der Waals surface area contributed by atoms with Crippen LogP contribution in [0, 0.1) is 0 Å². The lowest BCUT2D eigenvalue weighted by Crippen LogP contribution is -2.17. The molecule has 0 saturated carbocycles. The van der Waals surface area contributed by atoms with Crippen molar-refractivity contribution in [1.29, 1.82) is 0 Å². The summed E-state index contributed by atoms with van der Waals surface area (Å²) in [5, 5.41) is 13.5. The summed E-state index contributed by atoms with van der Waals surface area (Å²) < 4.78 is 5.24. The Labute approximate surface area is 146 Å². The zero-order chi connectivity index (χ0) is 16.9. The molecule has 0 radical (unpaired) electrons. The number of hydrogen-bond acceptors (Lipinski definition) is 4. The molecular weight excluding hydrogens is 318 g/mol. The Morgan fingerprint density at radius 1 is 1.08 bits per heavy atom. The molecule has 3 aromatic rings. The van der Waals surface area contributed by atoms with Crippen LogP contribution in [-0.2, 0) is 6.54 Å². The van der Waals surface area contributed by atoms with Crippen LogP contribution in [0.4, 0.5) is 0 Å². The maximum Gasteiger partial charge on any atom is 0.120 e. The van der Waals surface area contributed by atoms with Crippen LogP contribution in [0.1, 0.15) is 23.4 Å². The van der Waals surface area contributed by atoms with Crippen LogP contribution < -0.4 is 10.1 Å². The van der Waals surface area contributed by atoms with E-state index in [1.807, 2.05) is 19.1 Å². The first-order valence-electron chi connectivity index (χ1n) is 7.92. The molecule has 0 saturated heterocycles. The minimum absolute atomic E-state index is 0.0300. The normalized spacial score (nSPS) is 12.1. The lowest BCUT2D eigenvalue weighted by atomic mass is 10.1. The van der Waals surface area contributed by atoms with Crippen LogP contribution in [0.2, 0.25) is 0 Å². The number of nitrogens with one attached hydrogen (secondary N) is 1. The summed E-state index contributed by atoms with van der Waals surface area (Å²) in [6, 6.07) is 20.0. The molecule has 24 heavy (non-hydrogen) atoms. The van der Waals surface area contributed by atoms with E-state index in [1.54, 1.807) is 30.6 Å². The standard InChI is InChI=1S/C20H21NO2S/c1-14(18-12-16(23-2)8-10-19(18)22)21-13-17-9-11-20(24-17)15-6-4-3-5-7-15/h3-12,14,21-22H,13H2,1-2H3/t14-/m1/s1. The Kier molecular flexibility index (Phi) is 5.18. The Bertz CT molecular complexity index is 798. The minimum Gasteiger partial charge on any atom is -0.508 e. The zero-order valence-corrected chi connectivity index (χ0v) is 14.6. The van der Waals surface area contributed by atoms with Crippen molar-refractivity contribution in [2.24, 2.45) is 0 Å². The van der Waals surface area contributed by atoms with Gasteiger partial charge in [0, 0.05) is 27.9 Å². The number of aromatic hydroxyl groups is 1. The number of methoxy groups -OCH3 is 1. The fourth-order valence-electron chi connectivity index (χ4n) is 2.60. The molecule has 4 heteroatoms. The van der Waals surface area contributed by atoms with Crippen LogP contribution in [0.25, 0.3) is 10.4 Å². The lowest BCUT2D eigenvalue weighted by Gasteiger charge is -2.16. The molecule has 0 amide bonds. The number of ether oxygens (including phenoxy) is 1. The van der Waals surface area contributed by atoms with Gasteiger partial charge < -0.3 is 15.2 Å². The maximum absolute atomic E-state index is 10.1. The molecule has 0 fully saturated rings. The Morgan fingerprint density at radius 2 is 1.88 bits per heavy atom. The van der Waals surface area contributed by atoms with Crippen molar-refractivity contribution in [3.63, 3.8) is 0 Å². The zero-order valence-electron chi connectivity index (χ0n) is 13.8. The molecule has 2 aromatic carbocycles. The summed E-state index contributed by atoms with van der Waals surface area (Å²) >= 11 is 1.79. The highest BCUT2D eigenvalue weighted by molar-refractivity contribution is 7.15. The number of phenolic OH excluding ortho intramolecular Hbond substituents is 1. The Balaban J connectivity index is 1.67. The molecule has 0 unspecified atom stereocenters. The van der Waals surface area contributed by atoms with Gasteiger partial charge in [0.25, 0.3) is 0 Å². The highest BCUT2D eigenvalue weighted by atomic mass is 32.1. The van der Waals surface area contributed by atoms with Crippen LogP contribution in [0.3, 0.4) is 0 Å². The monoisotopic (exact) mass is 339 g/mol. The first-order valence-corrected chi connectivity index (χ1v) is 8.73. The molecule has 3 rings (SSSR count). The molecule has 3 nitrogen and oxygen atoms in total. The molecule has 1 atom stereocenters. The highest BCUT2D eigenvalue weighted by Crippen LogP contribution is 2.30. The molecule has 0 aliphatic heterocycles. The molecule has 0 spiro atoms. The third-order valence-corrected chi connectivity index (χ3v) is 5.14. The second kappa shape index (κ2) is 7.51. The lowest BCUT2D eigenvalue weighted by molar-refractivity contribution is 0.407. The molecular formula is C20H21NO2S. The predicted octanol–water partition coefficient (Wildman–Crippen LogP) is 4.98. The van der Waals surface area contributed by atoms with Gasteiger partial charge in [-0.3, -0.25) is 0 Å². The average molecular weight is 339 g/mol. The Hall–Kier alpha value is -2.30. The highest BCUT2D eigenvalue weighted by Gasteiger charge is 2.12. The Morgan fingerprint density at radius 3 is 2.62 bits per heavy atom. The number of benzene rings is 2. The van der Waals surface area contributed by atoms with Gasteiger partial charge in [-0.05, 0) is 42.8 Å². The van der Waals surface area contributed by atoms with E-state index in [1.165, 1.54) is 15.3 Å². The smallest absolute Gasteiger partial charge is 0.120 e. The number of thiophene rings is 1. The summed E-state index contributed by atoms with van der Waals surface area (Å²) in [7, 11) is 1.63. The van der Waals surface area contributed by atoms with Crippen molar-refractivity contribution in [3.8, 4) is 21.9 Å².